The summed E-state index contributed by atoms with van der Waals surface area (Å²) in [6, 6.07) is 0. The zero-order valence-corrected chi connectivity index (χ0v) is 8.41. The van der Waals surface area contributed by atoms with Crippen LogP contribution < -0.4 is 0 Å². The van der Waals surface area contributed by atoms with Gasteiger partial charge in [-0.3, -0.25) is 0 Å². The first kappa shape index (κ1) is 8.89. The van der Waals surface area contributed by atoms with E-state index in [4.69, 9.17) is 0 Å². The van der Waals surface area contributed by atoms with E-state index in [1.54, 1.807) is 0 Å². The highest BCUT2D eigenvalue weighted by atomic mass is 32.2. The quantitative estimate of drug-likeness (QED) is 0.679. The Labute approximate surface area is 78.9 Å². The van der Waals surface area contributed by atoms with Crippen LogP contribution in [0.15, 0.2) is 0 Å². The summed E-state index contributed by atoms with van der Waals surface area (Å²) in [5.41, 5.74) is -0.278. The Balaban J connectivity index is 1.97. The summed E-state index contributed by atoms with van der Waals surface area (Å²) in [7, 11) is 0. The first-order valence-corrected chi connectivity index (χ1v) is 6.20. The average Bonchev–Trinajstić information content (AvgIpc) is 2.58. The molecule has 1 aliphatic carbocycles. The first-order valence-electron chi connectivity index (χ1n) is 5.15. The number of aliphatic hydroxyl groups is 1. The fourth-order valence-electron chi connectivity index (χ4n) is 2.49. The van der Waals surface area contributed by atoms with Crippen LogP contribution in [-0.2, 0) is 0 Å². The largest absolute Gasteiger partial charge is 0.389 e. The predicted octanol–water partition coefficient (Wildman–Crippen LogP) is 2.58. The van der Waals surface area contributed by atoms with E-state index in [1.165, 1.54) is 37.9 Å². The lowest BCUT2D eigenvalue weighted by Crippen LogP contribution is -2.40. The fraction of sp³-hybridized carbons (Fsp3) is 1.00. The van der Waals surface area contributed by atoms with Crippen LogP contribution in [0.3, 0.4) is 0 Å². The molecular formula is C10H18OS. The van der Waals surface area contributed by atoms with Crippen LogP contribution in [0.1, 0.15) is 44.9 Å². The van der Waals surface area contributed by atoms with Gasteiger partial charge in [0.05, 0.1) is 5.60 Å². The fourth-order valence-corrected chi connectivity index (χ4v) is 3.98. The molecule has 1 heterocycles. The second-order valence-corrected chi connectivity index (χ2v) is 5.48. The summed E-state index contributed by atoms with van der Waals surface area (Å²) in [5, 5.41) is 10.9. The molecule has 1 aliphatic heterocycles. The maximum absolute atomic E-state index is 10.4. The summed E-state index contributed by atoms with van der Waals surface area (Å²) in [5.74, 6) is 1.27. The van der Waals surface area contributed by atoms with Crippen molar-refractivity contribution in [3.63, 3.8) is 0 Å². The third-order valence-electron chi connectivity index (χ3n) is 3.25. The van der Waals surface area contributed by atoms with Crippen LogP contribution in [0.4, 0.5) is 0 Å². The molecule has 0 aromatic rings. The van der Waals surface area contributed by atoms with Gasteiger partial charge in [-0.2, -0.15) is 11.8 Å². The Hall–Kier alpha value is 0.310. The summed E-state index contributed by atoms with van der Waals surface area (Å²) in [4.78, 5) is 0. The molecule has 1 unspecified atom stereocenters. The van der Waals surface area contributed by atoms with E-state index in [1.807, 2.05) is 11.8 Å². The molecule has 0 amide bonds. The molecule has 0 aromatic carbocycles. The summed E-state index contributed by atoms with van der Waals surface area (Å²) >= 11 is 2.00. The molecule has 0 aromatic heterocycles. The van der Waals surface area contributed by atoms with Crippen LogP contribution >= 0.6 is 11.8 Å². The number of rotatable bonds is 1. The van der Waals surface area contributed by atoms with Crippen molar-refractivity contribution in [3.8, 4) is 0 Å². The standard InChI is InChI=1S/C10H18OS/c11-10(6-2-1-3-7-10)9-5-4-8-12-9/h9,11H,1-8H2. The zero-order valence-electron chi connectivity index (χ0n) is 7.59. The molecule has 0 radical (unpaired) electrons. The molecule has 1 saturated carbocycles. The van der Waals surface area contributed by atoms with Gasteiger partial charge < -0.3 is 5.11 Å². The number of thioether (sulfide) groups is 1. The third-order valence-corrected chi connectivity index (χ3v) is 4.85. The second-order valence-electron chi connectivity index (χ2n) is 4.17. The summed E-state index contributed by atoms with van der Waals surface area (Å²) < 4.78 is 0. The topological polar surface area (TPSA) is 20.2 Å². The molecule has 1 N–H and O–H groups in total. The van der Waals surface area contributed by atoms with Crippen LogP contribution in [0.5, 0.6) is 0 Å². The highest BCUT2D eigenvalue weighted by molar-refractivity contribution is 8.00. The Bertz CT molecular complexity index is 146. The molecule has 1 saturated heterocycles. The minimum Gasteiger partial charge on any atom is -0.389 e. The van der Waals surface area contributed by atoms with Gasteiger partial charge in [0.1, 0.15) is 0 Å². The molecule has 2 fully saturated rings. The van der Waals surface area contributed by atoms with Crippen molar-refractivity contribution in [3.05, 3.63) is 0 Å². The van der Waals surface area contributed by atoms with E-state index in [9.17, 15) is 5.11 Å². The van der Waals surface area contributed by atoms with Crippen LogP contribution in [0.25, 0.3) is 0 Å². The molecule has 2 rings (SSSR count). The van der Waals surface area contributed by atoms with Gasteiger partial charge in [0.15, 0.2) is 0 Å². The molecule has 1 nitrogen and oxygen atoms in total. The van der Waals surface area contributed by atoms with Crippen molar-refractivity contribution in [1.29, 1.82) is 0 Å². The number of hydrogen-bond acceptors (Lipinski definition) is 2. The van der Waals surface area contributed by atoms with Crippen molar-refractivity contribution in [1.82, 2.24) is 0 Å². The van der Waals surface area contributed by atoms with Crippen LogP contribution in [-0.4, -0.2) is 21.7 Å². The Kier molecular flexibility index (Phi) is 2.66. The lowest BCUT2D eigenvalue weighted by Gasteiger charge is -2.36. The molecule has 2 heteroatoms. The van der Waals surface area contributed by atoms with Gasteiger partial charge in [-0.1, -0.05) is 19.3 Å². The van der Waals surface area contributed by atoms with Gasteiger partial charge in [0.25, 0.3) is 0 Å². The van der Waals surface area contributed by atoms with Crippen molar-refractivity contribution < 1.29 is 5.11 Å². The minimum atomic E-state index is -0.278. The maximum Gasteiger partial charge on any atom is 0.0765 e. The Morgan fingerprint density at radius 2 is 1.83 bits per heavy atom. The SMILES string of the molecule is OC1(C2CCCS2)CCCCC1. The van der Waals surface area contributed by atoms with Gasteiger partial charge in [-0.15, -0.1) is 0 Å². The normalized spacial score (nSPS) is 35.2. The molecule has 2 aliphatic rings. The maximum atomic E-state index is 10.4. The number of hydrogen-bond donors (Lipinski definition) is 1. The van der Waals surface area contributed by atoms with Crippen LogP contribution in [0, 0.1) is 0 Å². The summed E-state index contributed by atoms with van der Waals surface area (Å²) in [6.07, 6.45) is 8.51. The van der Waals surface area contributed by atoms with Crippen molar-refractivity contribution >= 4 is 11.8 Å². The highest BCUT2D eigenvalue weighted by Crippen LogP contribution is 2.42. The Morgan fingerprint density at radius 1 is 1.08 bits per heavy atom. The van der Waals surface area contributed by atoms with E-state index >= 15 is 0 Å². The lowest BCUT2D eigenvalue weighted by atomic mass is 9.81. The van der Waals surface area contributed by atoms with Gasteiger partial charge in [-0.25, -0.2) is 0 Å². The van der Waals surface area contributed by atoms with Gasteiger partial charge >= 0.3 is 0 Å². The van der Waals surface area contributed by atoms with Crippen molar-refractivity contribution in [2.75, 3.05) is 5.75 Å². The minimum absolute atomic E-state index is 0.278. The highest BCUT2D eigenvalue weighted by Gasteiger charge is 2.39. The van der Waals surface area contributed by atoms with Crippen molar-refractivity contribution in [2.24, 2.45) is 0 Å². The summed E-state index contributed by atoms with van der Waals surface area (Å²) in [6.45, 7) is 0. The Morgan fingerprint density at radius 3 is 2.42 bits per heavy atom. The third kappa shape index (κ3) is 1.64. The molecule has 70 valence electrons. The predicted molar refractivity (Wildman–Crippen MR) is 53.5 cm³/mol. The van der Waals surface area contributed by atoms with Gasteiger partial charge in [0, 0.05) is 5.25 Å². The molecule has 0 bridgehead atoms. The average molecular weight is 186 g/mol. The first-order chi connectivity index (χ1) is 5.81. The van der Waals surface area contributed by atoms with E-state index < -0.39 is 0 Å². The second kappa shape index (κ2) is 3.59. The van der Waals surface area contributed by atoms with E-state index in [0.29, 0.717) is 5.25 Å². The van der Waals surface area contributed by atoms with E-state index in [2.05, 4.69) is 0 Å². The van der Waals surface area contributed by atoms with E-state index in [-0.39, 0.29) is 5.60 Å². The molecule has 1 atom stereocenters. The van der Waals surface area contributed by atoms with Gasteiger partial charge in [-0.05, 0) is 31.4 Å². The molecule has 0 spiro atoms. The molecule has 12 heavy (non-hydrogen) atoms. The van der Waals surface area contributed by atoms with E-state index in [0.717, 1.165) is 12.8 Å². The van der Waals surface area contributed by atoms with Crippen molar-refractivity contribution in [2.45, 2.75) is 55.8 Å². The monoisotopic (exact) mass is 186 g/mol. The smallest absolute Gasteiger partial charge is 0.0765 e. The molecular weight excluding hydrogens is 168 g/mol. The van der Waals surface area contributed by atoms with Gasteiger partial charge in [0.2, 0.25) is 0 Å². The zero-order chi connectivity index (χ0) is 8.44. The van der Waals surface area contributed by atoms with Crippen LogP contribution in [0.2, 0.25) is 0 Å². The lowest BCUT2D eigenvalue weighted by molar-refractivity contribution is 0.00187.